The summed E-state index contributed by atoms with van der Waals surface area (Å²) in [5.41, 5.74) is 0. The Labute approximate surface area is 106 Å². The molecule has 0 bridgehead atoms. The fraction of sp³-hybridized carbons (Fsp3) is 0.833. The van der Waals surface area contributed by atoms with Crippen LogP contribution >= 0.6 is 0 Å². The normalized spacial score (nSPS) is 32.5. The number of carbonyl (C=O) groups excluding carboxylic acids is 1. The van der Waals surface area contributed by atoms with E-state index in [0.29, 0.717) is 32.7 Å². The molecule has 0 aromatic rings. The lowest BCUT2D eigenvalue weighted by atomic mass is 9.95. The molecule has 2 fully saturated rings. The van der Waals surface area contributed by atoms with Crippen LogP contribution in [0.1, 0.15) is 12.8 Å². The van der Waals surface area contributed by atoms with E-state index >= 15 is 0 Å². The Bertz CT molecular complexity index is 334. The van der Waals surface area contributed by atoms with Gasteiger partial charge in [-0.2, -0.15) is 0 Å². The maximum Gasteiger partial charge on any atom is 0.308 e. The van der Waals surface area contributed by atoms with Crippen molar-refractivity contribution in [2.75, 3.05) is 33.4 Å². The van der Waals surface area contributed by atoms with Gasteiger partial charge in [-0.05, 0) is 19.9 Å². The van der Waals surface area contributed by atoms with Crippen molar-refractivity contribution in [3.05, 3.63) is 0 Å². The molecule has 2 N–H and O–H groups in total. The number of likely N-dealkylation sites (N-methyl/N-ethyl adjacent to an activating group) is 1. The Balaban J connectivity index is 1.98. The first-order chi connectivity index (χ1) is 8.63. The van der Waals surface area contributed by atoms with Crippen molar-refractivity contribution in [3.63, 3.8) is 0 Å². The predicted molar refractivity (Wildman–Crippen MR) is 64.1 cm³/mol. The number of carboxylic acids is 1. The van der Waals surface area contributed by atoms with Crippen LogP contribution in [-0.2, 0) is 14.3 Å². The third-order valence-electron chi connectivity index (χ3n) is 3.85. The van der Waals surface area contributed by atoms with Crippen molar-refractivity contribution in [1.82, 2.24) is 10.2 Å². The average Bonchev–Trinajstić information content (AvgIpc) is 2.86. The summed E-state index contributed by atoms with van der Waals surface area (Å²) in [5, 5.41) is 12.1. The van der Waals surface area contributed by atoms with Crippen LogP contribution in [0.3, 0.4) is 0 Å². The summed E-state index contributed by atoms with van der Waals surface area (Å²) in [5.74, 6) is -1.38. The summed E-state index contributed by atoms with van der Waals surface area (Å²) in [6, 6.07) is 0.0442. The molecule has 1 amide bonds. The van der Waals surface area contributed by atoms with Gasteiger partial charge in [0.15, 0.2) is 0 Å². The Morgan fingerprint density at radius 2 is 2.17 bits per heavy atom. The minimum absolute atomic E-state index is 0.0257. The van der Waals surface area contributed by atoms with Gasteiger partial charge in [-0.1, -0.05) is 0 Å². The minimum Gasteiger partial charge on any atom is -0.481 e. The van der Waals surface area contributed by atoms with E-state index in [1.807, 2.05) is 7.05 Å². The van der Waals surface area contributed by atoms with Gasteiger partial charge in [0, 0.05) is 19.1 Å². The molecule has 3 atom stereocenters. The molecule has 2 saturated heterocycles. The van der Waals surface area contributed by atoms with Gasteiger partial charge in [-0.25, -0.2) is 0 Å². The van der Waals surface area contributed by atoms with Gasteiger partial charge in [0.05, 0.1) is 25.0 Å². The first-order valence-electron chi connectivity index (χ1n) is 6.40. The predicted octanol–water partition coefficient (Wildman–Crippen LogP) is -0.456. The molecule has 2 heterocycles. The zero-order chi connectivity index (χ0) is 13.1. The minimum atomic E-state index is -0.805. The third-order valence-corrected chi connectivity index (χ3v) is 3.85. The van der Waals surface area contributed by atoms with Crippen LogP contribution in [-0.4, -0.2) is 61.3 Å². The molecule has 6 nitrogen and oxygen atoms in total. The molecule has 2 aliphatic rings. The number of amides is 1. The van der Waals surface area contributed by atoms with E-state index in [1.165, 1.54) is 0 Å². The quantitative estimate of drug-likeness (QED) is 0.714. The van der Waals surface area contributed by atoms with Crippen LogP contribution in [0.15, 0.2) is 0 Å². The van der Waals surface area contributed by atoms with Gasteiger partial charge in [0.25, 0.3) is 0 Å². The maximum absolute atomic E-state index is 12.4. The molecule has 0 radical (unpaired) electrons. The Hall–Kier alpha value is -1.14. The monoisotopic (exact) mass is 256 g/mol. The summed E-state index contributed by atoms with van der Waals surface area (Å²) < 4.78 is 5.32. The number of piperidine rings is 1. The average molecular weight is 256 g/mol. The highest BCUT2D eigenvalue weighted by Crippen LogP contribution is 2.22. The van der Waals surface area contributed by atoms with Gasteiger partial charge in [-0.15, -0.1) is 0 Å². The Morgan fingerprint density at radius 3 is 2.83 bits per heavy atom. The van der Waals surface area contributed by atoms with E-state index in [-0.39, 0.29) is 17.9 Å². The number of carbonyl (C=O) groups is 2. The van der Waals surface area contributed by atoms with Gasteiger partial charge in [-0.3, -0.25) is 9.59 Å². The highest BCUT2D eigenvalue weighted by Gasteiger charge is 2.38. The highest BCUT2D eigenvalue weighted by atomic mass is 16.5. The molecule has 3 unspecified atom stereocenters. The molecular formula is C12H20N2O4. The van der Waals surface area contributed by atoms with Crippen LogP contribution in [0, 0.1) is 11.8 Å². The van der Waals surface area contributed by atoms with Gasteiger partial charge in [0.2, 0.25) is 5.91 Å². The lowest BCUT2D eigenvalue weighted by molar-refractivity contribution is -0.146. The lowest BCUT2D eigenvalue weighted by Gasteiger charge is -2.33. The summed E-state index contributed by atoms with van der Waals surface area (Å²) in [6.07, 6.45) is 1.43. The zero-order valence-corrected chi connectivity index (χ0v) is 10.6. The smallest absolute Gasteiger partial charge is 0.308 e. The Kier molecular flexibility index (Phi) is 4.19. The first kappa shape index (κ1) is 13.3. The second-order valence-electron chi connectivity index (χ2n) is 5.00. The van der Waals surface area contributed by atoms with Gasteiger partial charge >= 0.3 is 5.97 Å². The standard InChI is InChI=1S/C12H20N2O4/c1-13-10-7-18-6-9(10)11(15)14-4-2-3-8(5-14)12(16)17/h8-10,13H,2-7H2,1H3,(H,16,17). The number of likely N-dealkylation sites (tertiary alicyclic amines) is 1. The first-order valence-corrected chi connectivity index (χ1v) is 6.40. The fourth-order valence-electron chi connectivity index (χ4n) is 2.70. The van der Waals surface area contributed by atoms with E-state index in [0.717, 1.165) is 6.42 Å². The van der Waals surface area contributed by atoms with Crippen molar-refractivity contribution in [2.45, 2.75) is 18.9 Å². The molecule has 0 aliphatic carbocycles. The van der Waals surface area contributed by atoms with Gasteiger partial charge in [0.1, 0.15) is 0 Å². The molecule has 102 valence electrons. The van der Waals surface area contributed by atoms with Crippen LogP contribution in [0.4, 0.5) is 0 Å². The third kappa shape index (κ3) is 2.64. The molecule has 0 spiro atoms. The number of hydrogen-bond acceptors (Lipinski definition) is 4. The van der Waals surface area contributed by atoms with E-state index in [9.17, 15) is 9.59 Å². The summed E-state index contributed by atoms with van der Waals surface area (Å²) in [7, 11) is 1.82. The molecule has 2 rings (SSSR count). The number of ether oxygens (including phenoxy) is 1. The number of nitrogens with zero attached hydrogens (tertiary/aromatic N) is 1. The number of aliphatic carboxylic acids is 1. The molecule has 0 saturated carbocycles. The van der Waals surface area contributed by atoms with Crippen LogP contribution in [0.5, 0.6) is 0 Å². The molecule has 6 heteroatoms. The molecular weight excluding hydrogens is 236 g/mol. The Morgan fingerprint density at radius 1 is 1.39 bits per heavy atom. The number of rotatable bonds is 3. The van der Waals surface area contributed by atoms with E-state index in [1.54, 1.807) is 4.90 Å². The van der Waals surface area contributed by atoms with Crippen LogP contribution in [0.25, 0.3) is 0 Å². The van der Waals surface area contributed by atoms with Crippen molar-refractivity contribution >= 4 is 11.9 Å². The molecule has 0 aromatic heterocycles. The topological polar surface area (TPSA) is 78.9 Å². The van der Waals surface area contributed by atoms with E-state index < -0.39 is 11.9 Å². The van der Waals surface area contributed by atoms with E-state index in [2.05, 4.69) is 5.32 Å². The second-order valence-corrected chi connectivity index (χ2v) is 5.00. The van der Waals surface area contributed by atoms with Crippen molar-refractivity contribution in [3.8, 4) is 0 Å². The summed E-state index contributed by atoms with van der Waals surface area (Å²) >= 11 is 0. The van der Waals surface area contributed by atoms with Crippen molar-refractivity contribution in [2.24, 2.45) is 11.8 Å². The highest BCUT2D eigenvalue weighted by molar-refractivity contribution is 5.81. The molecule has 0 aromatic carbocycles. The molecule has 18 heavy (non-hydrogen) atoms. The fourth-order valence-corrected chi connectivity index (χ4v) is 2.70. The van der Waals surface area contributed by atoms with Crippen LogP contribution in [0.2, 0.25) is 0 Å². The molecule has 2 aliphatic heterocycles. The SMILES string of the molecule is CNC1COCC1C(=O)N1CCCC(C(=O)O)C1. The summed E-state index contributed by atoms with van der Waals surface area (Å²) in [6.45, 7) is 1.97. The van der Waals surface area contributed by atoms with Gasteiger partial charge < -0.3 is 20.1 Å². The maximum atomic E-state index is 12.4. The lowest BCUT2D eigenvalue weighted by Crippen LogP contribution is -2.49. The zero-order valence-electron chi connectivity index (χ0n) is 10.6. The number of nitrogens with one attached hydrogen (secondary N) is 1. The van der Waals surface area contributed by atoms with E-state index in [4.69, 9.17) is 9.84 Å². The largest absolute Gasteiger partial charge is 0.481 e. The van der Waals surface area contributed by atoms with Crippen molar-refractivity contribution in [1.29, 1.82) is 0 Å². The summed E-state index contributed by atoms with van der Waals surface area (Å²) in [4.78, 5) is 25.0. The number of carboxylic acid groups (broad SMARTS) is 1. The number of hydrogen-bond donors (Lipinski definition) is 2. The second kappa shape index (κ2) is 5.67. The van der Waals surface area contributed by atoms with Crippen molar-refractivity contribution < 1.29 is 19.4 Å². The van der Waals surface area contributed by atoms with Crippen LogP contribution < -0.4 is 5.32 Å².